The first kappa shape index (κ1) is 21.3. The zero-order valence-corrected chi connectivity index (χ0v) is 18.9. The van der Waals surface area contributed by atoms with Crippen molar-refractivity contribution < 1.29 is 13.2 Å². The summed E-state index contributed by atoms with van der Waals surface area (Å²) in [6.45, 7) is 4.62. The number of aryl methyl sites for hydroxylation is 1. The number of anilines is 2. The average molecular weight is 449 g/mol. The van der Waals surface area contributed by atoms with Gasteiger partial charge < -0.3 is 4.90 Å². The summed E-state index contributed by atoms with van der Waals surface area (Å²) in [5.41, 5.74) is 1.88. The van der Waals surface area contributed by atoms with Gasteiger partial charge in [0.05, 0.1) is 11.4 Å². The molecule has 0 unspecified atom stereocenters. The van der Waals surface area contributed by atoms with Gasteiger partial charge in [-0.2, -0.15) is 4.31 Å². The van der Waals surface area contributed by atoms with E-state index in [0.29, 0.717) is 29.5 Å². The average Bonchev–Trinajstić information content (AvgIpc) is 3.19. The molecule has 30 heavy (non-hydrogen) atoms. The molecule has 2 aromatic rings. The Hall–Kier alpha value is -1.97. The van der Waals surface area contributed by atoms with Crippen molar-refractivity contribution >= 4 is 38.1 Å². The van der Waals surface area contributed by atoms with Crippen LogP contribution >= 0.6 is 11.3 Å². The molecule has 3 heterocycles. The number of amides is 1. The van der Waals surface area contributed by atoms with Crippen LogP contribution in [0.1, 0.15) is 54.6 Å². The Kier molecular flexibility index (Phi) is 6.40. The van der Waals surface area contributed by atoms with Crippen LogP contribution in [0.5, 0.6) is 0 Å². The smallest absolute Gasteiger partial charge is 0.257 e. The van der Waals surface area contributed by atoms with Crippen LogP contribution in [0.3, 0.4) is 0 Å². The van der Waals surface area contributed by atoms with Crippen molar-refractivity contribution in [3.63, 3.8) is 0 Å². The second-order valence-corrected chi connectivity index (χ2v) is 10.7. The van der Waals surface area contributed by atoms with E-state index in [-0.39, 0.29) is 10.8 Å². The van der Waals surface area contributed by atoms with E-state index in [2.05, 4.69) is 15.2 Å². The maximum absolute atomic E-state index is 13.5. The minimum Gasteiger partial charge on any atom is -0.370 e. The number of rotatable bonds is 5. The molecule has 4 rings (SSSR count). The van der Waals surface area contributed by atoms with Crippen LogP contribution in [0, 0.1) is 6.92 Å². The van der Waals surface area contributed by atoms with Gasteiger partial charge >= 0.3 is 0 Å². The van der Waals surface area contributed by atoms with E-state index in [1.54, 1.807) is 22.5 Å². The second-order valence-electron chi connectivity index (χ2n) is 7.94. The van der Waals surface area contributed by atoms with E-state index in [1.807, 2.05) is 12.3 Å². The predicted octanol–water partition coefficient (Wildman–Crippen LogP) is 3.87. The number of benzene rings is 1. The molecule has 1 aromatic carbocycles. The lowest BCUT2D eigenvalue weighted by Gasteiger charge is -2.33. The van der Waals surface area contributed by atoms with Gasteiger partial charge in [-0.25, -0.2) is 13.4 Å². The van der Waals surface area contributed by atoms with Crippen LogP contribution < -0.4 is 10.2 Å². The Morgan fingerprint density at radius 1 is 1.03 bits per heavy atom. The van der Waals surface area contributed by atoms with Crippen LogP contribution in [-0.2, 0) is 10.0 Å². The van der Waals surface area contributed by atoms with Crippen LogP contribution in [-0.4, -0.2) is 49.8 Å². The first-order valence-corrected chi connectivity index (χ1v) is 12.9. The maximum Gasteiger partial charge on any atom is 0.257 e. The Morgan fingerprint density at radius 2 is 1.70 bits per heavy atom. The van der Waals surface area contributed by atoms with E-state index in [4.69, 9.17) is 0 Å². The summed E-state index contributed by atoms with van der Waals surface area (Å²) >= 11 is 1.35. The van der Waals surface area contributed by atoms with Crippen LogP contribution in [0.25, 0.3) is 0 Å². The highest BCUT2D eigenvalue weighted by molar-refractivity contribution is 7.89. The van der Waals surface area contributed by atoms with Crippen molar-refractivity contribution in [2.75, 3.05) is 36.4 Å². The molecule has 0 saturated carbocycles. The fraction of sp³-hybridized carbons (Fsp3) is 0.524. The molecule has 9 heteroatoms. The van der Waals surface area contributed by atoms with Crippen LogP contribution in [0.15, 0.2) is 28.5 Å². The van der Waals surface area contributed by atoms with Crippen molar-refractivity contribution in [1.82, 2.24) is 9.29 Å². The molecule has 0 spiro atoms. The molecular formula is C21H28N4O3S2. The summed E-state index contributed by atoms with van der Waals surface area (Å²) in [4.78, 5) is 19.5. The molecule has 0 atom stereocenters. The molecule has 2 fully saturated rings. The van der Waals surface area contributed by atoms with Crippen molar-refractivity contribution in [3.05, 3.63) is 34.8 Å². The van der Waals surface area contributed by atoms with Crippen LogP contribution in [0.2, 0.25) is 0 Å². The maximum atomic E-state index is 13.5. The number of nitrogens with zero attached hydrogens (tertiary/aromatic N) is 3. The van der Waals surface area contributed by atoms with Crippen molar-refractivity contribution in [2.24, 2.45) is 0 Å². The fourth-order valence-corrected chi connectivity index (χ4v) is 6.52. The van der Waals surface area contributed by atoms with Crippen molar-refractivity contribution in [3.8, 4) is 0 Å². The first-order chi connectivity index (χ1) is 14.4. The molecule has 1 N–H and O–H groups in total. The number of sulfonamides is 1. The molecule has 0 aliphatic carbocycles. The Labute approximate surface area is 182 Å². The molecule has 0 radical (unpaired) electrons. The number of hydrogen-bond donors (Lipinski definition) is 1. The quantitative estimate of drug-likeness (QED) is 0.751. The zero-order chi connectivity index (χ0) is 21.1. The lowest BCUT2D eigenvalue weighted by molar-refractivity contribution is 0.102. The normalized spacial score (nSPS) is 18.4. The molecule has 2 aliphatic rings. The summed E-state index contributed by atoms with van der Waals surface area (Å²) in [6, 6.07) is 5.06. The van der Waals surface area contributed by atoms with E-state index >= 15 is 0 Å². The highest BCUT2D eigenvalue weighted by Crippen LogP contribution is 2.32. The van der Waals surface area contributed by atoms with Crippen molar-refractivity contribution in [2.45, 2.75) is 50.3 Å². The van der Waals surface area contributed by atoms with Gasteiger partial charge in [0.1, 0.15) is 4.90 Å². The molecule has 0 bridgehead atoms. The Morgan fingerprint density at radius 3 is 2.33 bits per heavy atom. The summed E-state index contributed by atoms with van der Waals surface area (Å²) in [7, 11) is -3.67. The van der Waals surface area contributed by atoms with Gasteiger partial charge in [-0.05, 0) is 57.2 Å². The van der Waals surface area contributed by atoms with Gasteiger partial charge in [-0.1, -0.05) is 6.42 Å². The zero-order valence-electron chi connectivity index (χ0n) is 17.3. The molecule has 1 aromatic heterocycles. The SMILES string of the molecule is Cc1csc(NC(=O)c2ccc(N3CCCCC3)c(S(=O)(=O)N3CCCCC3)c2)n1. The van der Waals surface area contributed by atoms with E-state index in [9.17, 15) is 13.2 Å². The molecule has 1 amide bonds. The minimum absolute atomic E-state index is 0.245. The number of hydrogen-bond acceptors (Lipinski definition) is 6. The molecule has 7 nitrogen and oxygen atoms in total. The Balaban J connectivity index is 1.69. The number of piperidine rings is 2. The predicted molar refractivity (Wildman–Crippen MR) is 120 cm³/mol. The summed E-state index contributed by atoms with van der Waals surface area (Å²) < 4.78 is 28.7. The number of carbonyl (C=O) groups is 1. The lowest BCUT2D eigenvalue weighted by Crippen LogP contribution is -2.37. The van der Waals surface area contributed by atoms with Crippen molar-refractivity contribution in [1.29, 1.82) is 0 Å². The van der Waals surface area contributed by atoms with Crippen LogP contribution in [0.4, 0.5) is 10.8 Å². The largest absolute Gasteiger partial charge is 0.370 e. The van der Waals surface area contributed by atoms with Gasteiger partial charge in [-0.3, -0.25) is 10.1 Å². The van der Waals surface area contributed by atoms with Gasteiger partial charge in [-0.15, -0.1) is 11.3 Å². The standard InChI is InChI=1S/C21H28N4O3S2/c1-16-15-29-21(22-16)23-20(26)17-8-9-18(24-10-4-2-5-11-24)19(14-17)30(27,28)25-12-6-3-7-13-25/h8-9,14-15H,2-7,10-13H2,1H3,(H,22,23,26). The first-order valence-electron chi connectivity index (χ1n) is 10.6. The third-order valence-corrected chi connectivity index (χ3v) is 8.49. The fourth-order valence-electron chi connectivity index (χ4n) is 4.08. The van der Waals surface area contributed by atoms with E-state index in [0.717, 1.165) is 50.9 Å². The monoisotopic (exact) mass is 448 g/mol. The number of nitrogens with one attached hydrogen (secondary N) is 1. The summed E-state index contributed by atoms with van der Waals surface area (Å²) in [6.07, 6.45) is 6.08. The van der Waals surface area contributed by atoms with Gasteiger partial charge in [0.25, 0.3) is 5.91 Å². The van der Waals surface area contributed by atoms with E-state index < -0.39 is 10.0 Å². The summed E-state index contributed by atoms with van der Waals surface area (Å²) in [5.74, 6) is -0.343. The molecule has 162 valence electrons. The van der Waals surface area contributed by atoms with Gasteiger partial charge in [0.15, 0.2) is 5.13 Å². The second kappa shape index (κ2) is 9.03. The Bertz CT molecular complexity index is 1010. The van der Waals surface area contributed by atoms with Gasteiger partial charge in [0, 0.05) is 37.1 Å². The molecule has 2 aliphatic heterocycles. The van der Waals surface area contributed by atoms with Gasteiger partial charge in [0.2, 0.25) is 10.0 Å². The third kappa shape index (κ3) is 4.53. The third-order valence-electron chi connectivity index (χ3n) is 5.69. The highest BCUT2D eigenvalue weighted by Gasteiger charge is 2.31. The lowest BCUT2D eigenvalue weighted by atomic mass is 10.1. The van der Waals surface area contributed by atoms with E-state index in [1.165, 1.54) is 17.8 Å². The number of thiazole rings is 1. The minimum atomic E-state index is -3.67. The molecule has 2 saturated heterocycles. The number of aromatic nitrogens is 1. The summed E-state index contributed by atoms with van der Waals surface area (Å²) in [5, 5.41) is 5.16. The molecular weight excluding hydrogens is 420 g/mol. The topological polar surface area (TPSA) is 82.6 Å². The number of carbonyl (C=O) groups excluding carboxylic acids is 1. The highest BCUT2D eigenvalue weighted by atomic mass is 32.2.